The molecule has 0 radical (unpaired) electrons. The molecule has 0 amide bonds. The van der Waals surface area contributed by atoms with Crippen LogP contribution in [0, 0.1) is 24.7 Å². The lowest BCUT2D eigenvalue weighted by Crippen LogP contribution is -2.44. The molecule has 3 rings (SSSR count). The summed E-state index contributed by atoms with van der Waals surface area (Å²) in [5, 5.41) is 4.75. The lowest BCUT2D eigenvalue weighted by Gasteiger charge is -2.39. The van der Waals surface area contributed by atoms with E-state index in [0.717, 1.165) is 11.8 Å². The van der Waals surface area contributed by atoms with Crippen LogP contribution in [0.3, 0.4) is 0 Å². The van der Waals surface area contributed by atoms with Crippen molar-refractivity contribution in [2.75, 3.05) is 0 Å². The first-order valence-electron chi connectivity index (χ1n) is 11.0. The molecule has 0 aromatic heterocycles. The summed E-state index contributed by atoms with van der Waals surface area (Å²) in [5.74, 6) is 2.26. The molecule has 4 unspecified atom stereocenters. The molecule has 1 fully saturated rings. The van der Waals surface area contributed by atoms with Gasteiger partial charge in [0.2, 0.25) is 0 Å². The number of nitrogens with zero attached hydrogens (tertiary/aromatic N) is 1. The molecular formula is C24H42N2. The van der Waals surface area contributed by atoms with Gasteiger partial charge in [0.05, 0.1) is 5.71 Å². The molecule has 2 aliphatic rings. The molecule has 1 aliphatic heterocycles. The molecule has 1 N–H and O–H groups in total. The Morgan fingerprint density at radius 1 is 0.962 bits per heavy atom. The highest BCUT2D eigenvalue weighted by molar-refractivity contribution is 6.02. The third kappa shape index (κ3) is 6.45. The predicted octanol–water partition coefficient (Wildman–Crippen LogP) is 6.97. The Balaban J connectivity index is 0.000000615. The zero-order chi connectivity index (χ0) is 19.5. The van der Waals surface area contributed by atoms with Crippen LogP contribution in [0.4, 0.5) is 0 Å². The largest absolute Gasteiger partial charge is 0.307 e. The molecule has 26 heavy (non-hydrogen) atoms. The van der Waals surface area contributed by atoms with E-state index in [9.17, 15) is 0 Å². The lowest BCUT2D eigenvalue weighted by molar-refractivity contribution is 0.223. The first-order chi connectivity index (χ1) is 12.6. The van der Waals surface area contributed by atoms with Crippen LogP contribution in [0.5, 0.6) is 0 Å². The Kier molecular flexibility index (Phi) is 10.6. The summed E-state index contributed by atoms with van der Waals surface area (Å²) in [5.41, 5.74) is 7.32. The van der Waals surface area contributed by atoms with Crippen molar-refractivity contribution in [1.82, 2.24) is 5.43 Å². The molecule has 0 spiro atoms. The monoisotopic (exact) mass is 358 g/mol. The van der Waals surface area contributed by atoms with E-state index in [2.05, 4.69) is 64.3 Å². The van der Waals surface area contributed by atoms with E-state index >= 15 is 0 Å². The minimum atomic E-state index is 0.509. The van der Waals surface area contributed by atoms with Crippen LogP contribution < -0.4 is 5.43 Å². The van der Waals surface area contributed by atoms with Crippen LogP contribution in [0.15, 0.2) is 29.4 Å². The Bertz CT molecular complexity index is 518. The van der Waals surface area contributed by atoms with Gasteiger partial charge in [-0.25, -0.2) is 0 Å². The molecule has 4 atom stereocenters. The molecular weight excluding hydrogens is 316 g/mol. The van der Waals surface area contributed by atoms with Crippen molar-refractivity contribution in [3.8, 4) is 0 Å². The van der Waals surface area contributed by atoms with E-state index in [-0.39, 0.29) is 0 Å². The van der Waals surface area contributed by atoms with E-state index in [4.69, 9.17) is 5.10 Å². The summed E-state index contributed by atoms with van der Waals surface area (Å²) >= 11 is 0. The van der Waals surface area contributed by atoms with Crippen molar-refractivity contribution in [3.05, 3.63) is 35.4 Å². The second-order valence-electron chi connectivity index (χ2n) is 7.87. The quantitative estimate of drug-likeness (QED) is 0.576. The van der Waals surface area contributed by atoms with Gasteiger partial charge in [-0.2, -0.15) is 5.10 Å². The predicted molar refractivity (Wildman–Crippen MR) is 117 cm³/mol. The highest BCUT2D eigenvalue weighted by Crippen LogP contribution is 2.36. The zero-order valence-electron chi connectivity index (χ0n) is 18.3. The van der Waals surface area contributed by atoms with E-state index in [1.54, 1.807) is 0 Å². The third-order valence-corrected chi connectivity index (χ3v) is 5.45. The van der Waals surface area contributed by atoms with Crippen LogP contribution in [-0.2, 0) is 0 Å². The third-order valence-electron chi connectivity index (χ3n) is 5.45. The van der Waals surface area contributed by atoms with Crippen LogP contribution in [0.2, 0.25) is 0 Å². The number of benzene rings is 1. The number of hydrogen-bond donors (Lipinski definition) is 1. The van der Waals surface area contributed by atoms with Crippen LogP contribution in [0.25, 0.3) is 0 Å². The number of nitrogens with one attached hydrogen (secondary N) is 1. The smallest absolute Gasteiger partial charge is 0.0709 e. The highest BCUT2D eigenvalue weighted by atomic mass is 15.3. The van der Waals surface area contributed by atoms with Crippen molar-refractivity contribution in [3.63, 3.8) is 0 Å². The molecule has 0 bridgehead atoms. The van der Waals surface area contributed by atoms with Crippen molar-refractivity contribution in [1.29, 1.82) is 0 Å². The van der Waals surface area contributed by atoms with Gasteiger partial charge in [0.15, 0.2) is 0 Å². The summed E-state index contributed by atoms with van der Waals surface area (Å²) in [6, 6.07) is 9.40. The van der Waals surface area contributed by atoms with Gasteiger partial charge in [0.25, 0.3) is 0 Å². The highest BCUT2D eigenvalue weighted by Gasteiger charge is 2.35. The molecule has 2 heteroatoms. The van der Waals surface area contributed by atoms with Gasteiger partial charge < -0.3 is 5.43 Å². The Hall–Kier alpha value is -1.31. The van der Waals surface area contributed by atoms with Gasteiger partial charge in [-0.15, -0.1) is 0 Å². The molecule has 148 valence electrons. The number of aryl methyl sites for hydroxylation is 1. The lowest BCUT2D eigenvalue weighted by atomic mass is 9.72. The maximum absolute atomic E-state index is 4.75. The van der Waals surface area contributed by atoms with Gasteiger partial charge in [0.1, 0.15) is 0 Å². The fourth-order valence-corrected chi connectivity index (χ4v) is 4.01. The second-order valence-corrected chi connectivity index (χ2v) is 7.87. The van der Waals surface area contributed by atoms with E-state index in [0.29, 0.717) is 12.0 Å². The maximum atomic E-state index is 4.75. The number of fused-ring (bicyclic) bond motifs is 1. The molecule has 1 heterocycles. The van der Waals surface area contributed by atoms with Gasteiger partial charge in [-0.05, 0) is 44.1 Å². The first kappa shape index (κ1) is 22.7. The number of hydrazone groups is 1. The van der Waals surface area contributed by atoms with E-state index in [1.165, 1.54) is 55.4 Å². The van der Waals surface area contributed by atoms with Crippen molar-refractivity contribution in [2.45, 2.75) is 93.0 Å². The van der Waals surface area contributed by atoms with Crippen LogP contribution >= 0.6 is 0 Å². The van der Waals surface area contributed by atoms with Crippen LogP contribution in [-0.4, -0.2) is 11.8 Å². The summed E-state index contributed by atoms with van der Waals surface area (Å²) in [6.45, 7) is 15.1. The van der Waals surface area contributed by atoms with Gasteiger partial charge in [-0.3, -0.25) is 0 Å². The average Bonchev–Trinajstić information content (AvgIpc) is 2.63. The minimum absolute atomic E-state index is 0.509. The Morgan fingerprint density at radius 2 is 1.58 bits per heavy atom. The van der Waals surface area contributed by atoms with Crippen molar-refractivity contribution < 1.29 is 0 Å². The molecule has 1 aromatic carbocycles. The van der Waals surface area contributed by atoms with Gasteiger partial charge >= 0.3 is 0 Å². The second kappa shape index (κ2) is 12.1. The summed E-state index contributed by atoms with van der Waals surface area (Å²) < 4.78 is 0. The Morgan fingerprint density at radius 3 is 2.19 bits per heavy atom. The fourth-order valence-electron chi connectivity index (χ4n) is 4.01. The SMILES string of the molecule is CC.CCC.Cc1ccc(C2=NNC(C)C3CCC(C)CCCC23)cc1. The van der Waals surface area contributed by atoms with Gasteiger partial charge in [-0.1, -0.05) is 90.1 Å². The topological polar surface area (TPSA) is 24.4 Å². The summed E-state index contributed by atoms with van der Waals surface area (Å²) in [6.07, 6.45) is 7.99. The minimum Gasteiger partial charge on any atom is -0.307 e. The molecule has 1 saturated carbocycles. The molecule has 2 nitrogen and oxygen atoms in total. The number of hydrogen-bond acceptors (Lipinski definition) is 2. The van der Waals surface area contributed by atoms with Crippen LogP contribution in [0.1, 0.15) is 91.2 Å². The van der Waals surface area contributed by atoms with Crippen molar-refractivity contribution in [2.24, 2.45) is 22.9 Å². The molecule has 0 saturated heterocycles. The summed E-state index contributed by atoms with van der Waals surface area (Å²) in [7, 11) is 0. The molecule has 1 aliphatic carbocycles. The zero-order valence-corrected chi connectivity index (χ0v) is 18.3. The normalized spacial score (nSPS) is 27.7. The van der Waals surface area contributed by atoms with Crippen molar-refractivity contribution >= 4 is 5.71 Å². The average molecular weight is 359 g/mol. The fraction of sp³-hybridized carbons (Fsp3) is 0.708. The van der Waals surface area contributed by atoms with E-state index < -0.39 is 0 Å². The summed E-state index contributed by atoms with van der Waals surface area (Å²) in [4.78, 5) is 0. The first-order valence-corrected chi connectivity index (χ1v) is 11.0. The van der Waals surface area contributed by atoms with Gasteiger partial charge in [0, 0.05) is 12.0 Å². The maximum Gasteiger partial charge on any atom is 0.0709 e. The van der Waals surface area contributed by atoms with E-state index in [1.807, 2.05) is 13.8 Å². The standard InChI is InChI=1S/C19H28N2.C3H8.C2H6/c1-13-5-4-6-18-17(12-9-13)15(3)20-21-19(18)16-10-7-14(2)8-11-16;1-3-2;1-2/h7-8,10-11,13,15,17-18,20H,4-6,9,12H2,1-3H3;3H2,1-2H3;1-2H3. The molecule has 1 aromatic rings. The Labute approximate surface area is 162 Å². The number of rotatable bonds is 1.